The van der Waals surface area contributed by atoms with Crippen LogP contribution >= 0.6 is 0 Å². The molecular weight excluding hydrogens is 260 g/mol. The van der Waals surface area contributed by atoms with E-state index in [2.05, 4.69) is 4.98 Å². The van der Waals surface area contributed by atoms with E-state index in [4.69, 9.17) is 5.73 Å². The molecule has 1 aromatic heterocycles. The summed E-state index contributed by atoms with van der Waals surface area (Å²) < 4.78 is 51.5. The van der Waals surface area contributed by atoms with Crippen molar-refractivity contribution in [3.05, 3.63) is 47.3 Å². The lowest BCUT2D eigenvalue weighted by atomic mass is 10.0. The highest BCUT2D eigenvalue weighted by Gasteiger charge is 2.31. The van der Waals surface area contributed by atoms with E-state index in [9.17, 15) is 17.6 Å². The number of benzene rings is 1. The van der Waals surface area contributed by atoms with Gasteiger partial charge in [0.1, 0.15) is 11.6 Å². The van der Waals surface area contributed by atoms with E-state index in [1.54, 1.807) is 0 Å². The van der Waals surface area contributed by atoms with Crippen molar-refractivity contribution in [1.29, 1.82) is 0 Å². The van der Waals surface area contributed by atoms with E-state index in [-0.39, 0.29) is 22.6 Å². The van der Waals surface area contributed by atoms with Crippen molar-refractivity contribution < 1.29 is 17.6 Å². The van der Waals surface area contributed by atoms with Crippen LogP contribution in [-0.4, -0.2) is 4.98 Å². The first kappa shape index (κ1) is 13.3. The molecule has 0 spiro atoms. The molecular formula is C13H10F4N2. The van der Waals surface area contributed by atoms with Crippen LogP contribution in [0.4, 0.5) is 23.4 Å². The Morgan fingerprint density at radius 1 is 1.16 bits per heavy atom. The lowest BCUT2D eigenvalue weighted by molar-refractivity contribution is -0.137. The topological polar surface area (TPSA) is 38.9 Å². The van der Waals surface area contributed by atoms with Gasteiger partial charge >= 0.3 is 6.18 Å². The minimum Gasteiger partial charge on any atom is -0.384 e. The molecule has 0 fully saturated rings. The number of nitrogens with two attached hydrogens (primary N) is 1. The highest BCUT2D eigenvalue weighted by molar-refractivity contribution is 5.66. The molecule has 2 nitrogen and oxygen atoms in total. The fraction of sp³-hybridized carbons (Fsp3) is 0.154. The Bertz CT molecular complexity index is 621. The van der Waals surface area contributed by atoms with E-state index >= 15 is 0 Å². The summed E-state index contributed by atoms with van der Waals surface area (Å²) in [5.41, 5.74) is 5.00. The summed E-state index contributed by atoms with van der Waals surface area (Å²) in [6.07, 6.45) is -4.52. The lowest BCUT2D eigenvalue weighted by Crippen LogP contribution is -2.07. The maximum atomic E-state index is 13.4. The van der Waals surface area contributed by atoms with Crippen LogP contribution in [0.25, 0.3) is 11.3 Å². The summed E-state index contributed by atoms with van der Waals surface area (Å²) in [6.45, 7) is 1.47. The zero-order valence-electron chi connectivity index (χ0n) is 9.92. The van der Waals surface area contributed by atoms with E-state index in [1.807, 2.05) is 0 Å². The van der Waals surface area contributed by atoms with Gasteiger partial charge in [-0.2, -0.15) is 13.2 Å². The Hall–Kier alpha value is -2.11. The van der Waals surface area contributed by atoms with Crippen LogP contribution in [-0.2, 0) is 6.18 Å². The molecule has 0 aliphatic rings. The zero-order chi connectivity index (χ0) is 14.2. The Kier molecular flexibility index (Phi) is 3.18. The Morgan fingerprint density at radius 2 is 1.84 bits per heavy atom. The molecule has 6 heteroatoms. The van der Waals surface area contributed by atoms with Crippen LogP contribution in [0.2, 0.25) is 0 Å². The van der Waals surface area contributed by atoms with Gasteiger partial charge < -0.3 is 5.73 Å². The number of halogens is 4. The maximum absolute atomic E-state index is 13.4. The molecule has 2 rings (SSSR count). The number of rotatable bonds is 1. The summed E-state index contributed by atoms with van der Waals surface area (Å²) >= 11 is 0. The standard InChI is InChI=1S/C13H10F4N2/c1-7-9(3-2-4-10(7)14)11-5-8(13(15,16)17)6-12(18)19-11/h2-6H,1H3,(H2,18,19). The van der Waals surface area contributed by atoms with Crippen molar-refractivity contribution in [3.63, 3.8) is 0 Å². The maximum Gasteiger partial charge on any atom is 0.416 e. The zero-order valence-corrected chi connectivity index (χ0v) is 9.92. The molecule has 2 aromatic rings. The van der Waals surface area contributed by atoms with Gasteiger partial charge in [-0.25, -0.2) is 9.37 Å². The van der Waals surface area contributed by atoms with Crippen molar-refractivity contribution >= 4 is 5.82 Å². The molecule has 0 saturated carbocycles. The summed E-state index contributed by atoms with van der Waals surface area (Å²) in [4.78, 5) is 3.83. The Morgan fingerprint density at radius 3 is 2.47 bits per heavy atom. The first-order valence-electron chi connectivity index (χ1n) is 5.39. The SMILES string of the molecule is Cc1c(F)cccc1-c1cc(C(F)(F)F)cc(N)n1. The number of anilines is 1. The quantitative estimate of drug-likeness (QED) is 0.800. The lowest BCUT2D eigenvalue weighted by Gasteiger charge is -2.11. The second kappa shape index (κ2) is 4.53. The fourth-order valence-electron chi connectivity index (χ4n) is 1.74. The minimum atomic E-state index is -4.52. The molecule has 0 bridgehead atoms. The molecule has 1 heterocycles. The van der Waals surface area contributed by atoms with Gasteiger partial charge in [0.2, 0.25) is 0 Å². The van der Waals surface area contributed by atoms with Gasteiger partial charge in [0.25, 0.3) is 0 Å². The molecule has 0 aliphatic heterocycles. The molecule has 1 aromatic carbocycles. The normalized spacial score (nSPS) is 11.6. The minimum absolute atomic E-state index is 0.00400. The first-order chi connectivity index (χ1) is 8.79. The predicted molar refractivity (Wildman–Crippen MR) is 63.8 cm³/mol. The van der Waals surface area contributed by atoms with Gasteiger partial charge in [0, 0.05) is 5.56 Å². The predicted octanol–water partition coefficient (Wildman–Crippen LogP) is 3.80. The van der Waals surface area contributed by atoms with Gasteiger partial charge in [-0.3, -0.25) is 0 Å². The molecule has 0 radical (unpaired) electrons. The van der Waals surface area contributed by atoms with E-state index in [0.717, 1.165) is 12.1 Å². The van der Waals surface area contributed by atoms with Crippen LogP contribution in [0, 0.1) is 12.7 Å². The third-order valence-corrected chi connectivity index (χ3v) is 2.72. The fourth-order valence-corrected chi connectivity index (χ4v) is 1.74. The average Bonchev–Trinajstić information content (AvgIpc) is 2.31. The van der Waals surface area contributed by atoms with Gasteiger partial charge in [-0.15, -0.1) is 0 Å². The molecule has 100 valence electrons. The number of aromatic nitrogens is 1. The van der Waals surface area contributed by atoms with Crippen LogP contribution in [0.3, 0.4) is 0 Å². The number of nitrogens with zero attached hydrogens (tertiary/aromatic N) is 1. The second-order valence-corrected chi connectivity index (χ2v) is 4.08. The van der Waals surface area contributed by atoms with E-state index in [0.29, 0.717) is 0 Å². The highest BCUT2D eigenvalue weighted by atomic mass is 19.4. The van der Waals surface area contributed by atoms with Crippen molar-refractivity contribution in [3.8, 4) is 11.3 Å². The number of nitrogen functional groups attached to an aromatic ring is 1. The Balaban J connectivity index is 2.63. The smallest absolute Gasteiger partial charge is 0.384 e. The Labute approximate surface area is 106 Å². The molecule has 0 unspecified atom stereocenters. The third-order valence-electron chi connectivity index (χ3n) is 2.72. The van der Waals surface area contributed by atoms with Crippen LogP contribution < -0.4 is 5.73 Å². The highest BCUT2D eigenvalue weighted by Crippen LogP contribution is 2.33. The number of pyridine rings is 1. The molecule has 19 heavy (non-hydrogen) atoms. The van der Waals surface area contributed by atoms with E-state index in [1.165, 1.54) is 25.1 Å². The van der Waals surface area contributed by atoms with Gasteiger partial charge in [0.15, 0.2) is 0 Å². The van der Waals surface area contributed by atoms with Crippen LogP contribution in [0.5, 0.6) is 0 Å². The molecule has 0 atom stereocenters. The summed E-state index contributed by atoms with van der Waals surface area (Å²) in [5.74, 6) is -0.760. The van der Waals surface area contributed by atoms with Crippen LogP contribution in [0.1, 0.15) is 11.1 Å². The molecule has 0 amide bonds. The molecule has 2 N–H and O–H groups in total. The van der Waals surface area contributed by atoms with Crippen molar-refractivity contribution in [1.82, 2.24) is 4.98 Å². The number of hydrogen-bond donors (Lipinski definition) is 1. The van der Waals surface area contributed by atoms with E-state index < -0.39 is 17.6 Å². The van der Waals surface area contributed by atoms with Gasteiger partial charge in [-0.1, -0.05) is 12.1 Å². The summed E-state index contributed by atoms with van der Waals surface area (Å²) in [5, 5.41) is 0. The molecule has 0 aliphatic carbocycles. The number of alkyl halides is 3. The molecule has 0 saturated heterocycles. The first-order valence-corrected chi connectivity index (χ1v) is 5.39. The summed E-state index contributed by atoms with van der Waals surface area (Å²) in [7, 11) is 0. The van der Waals surface area contributed by atoms with Crippen molar-refractivity contribution in [2.45, 2.75) is 13.1 Å². The van der Waals surface area contributed by atoms with Gasteiger partial charge in [0.05, 0.1) is 11.3 Å². The largest absolute Gasteiger partial charge is 0.416 e. The van der Waals surface area contributed by atoms with Gasteiger partial charge in [-0.05, 0) is 30.7 Å². The average molecular weight is 270 g/mol. The third kappa shape index (κ3) is 2.67. The van der Waals surface area contributed by atoms with Crippen LogP contribution in [0.15, 0.2) is 30.3 Å². The monoisotopic (exact) mass is 270 g/mol. The second-order valence-electron chi connectivity index (χ2n) is 4.08. The number of hydrogen-bond acceptors (Lipinski definition) is 2. The summed E-state index contributed by atoms with van der Waals surface area (Å²) in [6, 6.07) is 5.75. The van der Waals surface area contributed by atoms with Crippen molar-refractivity contribution in [2.75, 3.05) is 5.73 Å². The van der Waals surface area contributed by atoms with Crippen molar-refractivity contribution in [2.24, 2.45) is 0 Å².